The number of sulfonamides is 1. The van der Waals surface area contributed by atoms with Crippen LogP contribution in [0.3, 0.4) is 0 Å². The molecule has 2 amide bonds. The van der Waals surface area contributed by atoms with Crippen molar-refractivity contribution in [3.8, 4) is 0 Å². The second kappa shape index (κ2) is 14.0. The molecular formula is C29H33BrClN3O4S. The third-order valence-corrected chi connectivity index (χ3v) is 8.22. The zero-order chi connectivity index (χ0) is 28.6. The van der Waals surface area contributed by atoms with Crippen molar-refractivity contribution in [2.45, 2.75) is 32.9 Å². The second-order valence-corrected chi connectivity index (χ2v) is 12.8. The Morgan fingerprint density at radius 1 is 0.949 bits per heavy atom. The van der Waals surface area contributed by atoms with E-state index in [0.717, 1.165) is 16.1 Å². The summed E-state index contributed by atoms with van der Waals surface area (Å²) in [5.74, 6) is -0.647. The summed E-state index contributed by atoms with van der Waals surface area (Å²) in [6.07, 6.45) is 1.30. The van der Waals surface area contributed by atoms with Crippen molar-refractivity contribution in [3.63, 3.8) is 0 Å². The first-order valence-electron chi connectivity index (χ1n) is 12.5. The lowest BCUT2D eigenvalue weighted by molar-refractivity contribution is -0.140. The first-order valence-corrected chi connectivity index (χ1v) is 15.6. The number of amides is 2. The highest BCUT2D eigenvalue weighted by molar-refractivity contribution is 9.10. The zero-order valence-electron chi connectivity index (χ0n) is 22.2. The summed E-state index contributed by atoms with van der Waals surface area (Å²) in [7, 11) is -3.85. The topological polar surface area (TPSA) is 86.8 Å². The van der Waals surface area contributed by atoms with E-state index in [1.807, 2.05) is 44.2 Å². The number of hydrogen-bond acceptors (Lipinski definition) is 4. The number of nitrogens with one attached hydrogen (secondary N) is 1. The summed E-state index contributed by atoms with van der Waals surface area (Å²) in [4.78, 5) is 29.1. The molecule has 1 N–H and O–H groups in total. The molecule has 0 aliphatic heterocycles. The van der Waals surface area contributed by atoms with Gasteiger partial charge in [0.25, 0.3) is 0 Å². The molecule has 3 aromatic carbocycles. The highest BCUT2D eigenvalue weighted by Gasteiger charge is 2.33. The number of hydrogen-bond donors (Lipinski definition) is 1. The van der Waals surface area contributed by atoms with E-state index >= 15 is 0 Å². The molecule has 0 saturated carbocycles. The SMILES string of the molecule is CC(C)CNC(=O)[C@H](Cc1ccccc1)N(Cc1ccccc1Cl)C(=O)CN(c1ccccc1Br)S(C)(=O)=O. The summed E-state index contributed by atoms with van der Waals surface area (Å²) in [5.41, 5.74) is 1.84. The van der Waals surface area contributed by atoms with Crippen LogP contribution in [-0.4, -0.2) is 50.5 Å². The van der Waals surface area contributed by atoms with Crippen molar-refractivity contribution in [3.05, 3.63) is 99.5 Å². The number of para-hydroxylation sites is 1. The quantitative estimate of drug-likeness (QED) is 0.294. The standard InChI is InChI=1S/C29H33BrClN3O4S/c1-21(2)18-32-29(36)27(17-22-11-5-4-6-12-22)33(19-23-13-7-9-15-25(23)31)28(35)20-34(39(3,37)38)26-16-10-8-14-24(26)30/h4-16,21,27H,17-20H2,1-3H3,(H,32,36)/t27-/m0/s1. The normalized spacial score (nSPS) is 12.2. The molecule has 0 fully saturated rings. The molecule has 10 heteroatoms. The molecule has 0 aliphatic rings. The molecule has 0 radical (unpaired) electrons. The molecule has 0 saturated heterocycles. The minimum Gasteiger partial charge on any atom is -0.354 e. The van der Waals surface area contributed by atoms with Gasteiger partial charge in [-0.15, -0.1) is 0 Å². The smallest absolute Gasteiger partial charge is 0.244 e. The fraction of sp³-hybridized carbons (Fsp3) is 0.310. The molecule has 0 aromatic heterocycles. The van der Waals surface area contributed by atoms with Gasteiger partial charge in [-0.3, -0.25) is 13.9 Å². The van der Waals surface area contributed by atoms with Crippen LogP contribution in [0.1, 0.15) is 25.0 Å². The van der Waals surface area contributed by atoms with Crippen molar-refractivity contribution in [2.75, 3.05) is 23.7 Å². The molecule has 7 nitrogen and oxygen atoms in total. The summed E-state index contributed by atoms with van der Waals surface area (Å²) in [5, 5.41) is 3.40. The van der Waals surface area contributed by atoms with E-state index in [-0.39, 0.29) is 24.8 Å². The van der Waals surface area contributed by atoms with Crippen molar-refractivity contribution < 1.29 is 18.0 Å². The molecule has 0 unspecified atom stereocenters. The maximum Gasteiger partial charge on any atom is 0.244 e. The van der Waals surface area contributed by atoms with Gasteiger partial charge in [0.1, 0.15) is 12.6 Å². The van der Waals surface area contributed by atoms with Gasteiger partial charge in [-0.2, -0.15) is 0 Å². The Bertz CT molecular complexity index is 1390. The summed E-state index contributed by atoms with van der Waals surface area (Å²) in [6, 6.07) is 22.4. The molecule has 0 aliphatic carbocycles. The van der Waals surface area contributed by atoms with Crippen LogP contribution in [0, 0.1) is 5.92 Å². The molecule has 3 rings (SSSR count). The number of benzene rings is 3. The van der Waals surface area contributed by atoms with Crippen LogP contribution in [0.5, 0.6) is 0 Å². The van der Waals surface area contributed by atoms with Gasteiger partial charge in [0.15, 0.2) is 0 Å². The zero-order valence-corrected chi connectivity index (χ0v) is 25.3. The van der Waals surface area contributed by atoms with Crippen molar-refractivity contribution in [1.29, 1.82) is 0 Å². The highest BCUT2D eigenvalue weighted by Crippen LogP contribution is 2.28. The Kier molecular flexibility index (Phi) is 11.0. The Balaban J connectivity index is 2.06. The average Bonchev–Trinajstić information content (AvgIpc) is 2.89. The van der Waals surface area contributed by atoms with Crippen LogP contribution >= 0.6 is 27.5 Å². The van der Waals surface area contributed by atoms with E-state index in [0.29, 0.717) is 27.3 Å². The lowest BCUT2D eigenvalue weighted by Crippen LogP contribution is -2.53. The predicted molar refractivity (Wildman–Crippen MR) is 160 cm³/mol. The van der Waals surface area contributed by atoms with E-state index in [1.54, 1.807) is 48.5 Å². The summed E-state index contributed by atoms with van der Waals surface area (Å²) in [6.45, 7) is 3.94. The summed E-state index contributed by atoms with van der Waals surface area (Å²) >= 11 is 9.86. The fourth-order valence-electron chi connectivity index (χ4n) is 4.04. The number of carbonyl (C=O) groups excluding carboxylic acids is 2. The van der Waals surface area contributed by atoms with Gasteiger partial charge < -0.3 is 10.2 Å². The van der Waals surface area contributed by atoms with Crippen LogP contribution < -0.4 is 9.62 Å². The molecule has 1 atom stereocenters. The highest BCUT2D eigenvalue weighted by atomic mass is 79.9. The first kappa shape index (κ1) is 30.7. The van der Waals surface area contributed by atoms with Crippen LogP contribution in [0.2, 0.25) is 5.02 Å². The molecular weight excluding hydrogens is 602 g/mol. The van der Waals surface area contributed by atoms with Crippen LogP contribution in [0.4, 0.5) is 5.69 Å². The fourth-order valence-corrected chi connectivity index (χ4v) is 5.71. The minimum atomic E-state index is -3.85. The number of nitrogens with zero attached hydrogens (tertiary/aromatic N) is 2. The molecule has 0 heterocycles. The van der Waals surface area contributed by atoms with E-state index < -0.39 is 28.5 Å². The predicted octanol–water partition coefficient (Wildman–Crippen LogP) is 5.28. The van der Waals surface area contributed by atoms with Gasteiger partial charge in [-0.25, -0.2) is 8.42 Å². The largest absolute Gasteiger partial charge is 0.354 e. The number of halogens is 2. The van der Waals surface area contributed by atoms with Crippen molar-refractivity contribution >= 4 is 55.1 Å². The van der Waals surface area contributed by atoms with E-state index in [9.17, 15) is 18.0 Å². The van der Waals surface area contributed by atoms with Gasteiger partial charge in [-0.05, 0) is 51.2 Å². The summed E-state index contributed by atoms with van der Waals surface area (Å²) < 4.78 is 27.3. The van der Waals surface area contributed by atoms with Crippen LogP contribution in [0.15, 0.2) is 83.3 Å². The van der Waals surface area contributed by atoms with Gasteiger partial charge in [0.2, 0.25) is 21.8 Å². The third-order valence-electron chi connectivity index (χ3n) is 6.05. The van der Waals surface area contributed by atoms with E-state index in [2.05, 4.69) is 21.2 Å². The number of anilines is 1. The van der Waals surface area contributed by atoms with Crippen LogP contribution in [0.25, 0.3) is 0 Å². The Hall–Kier alpha value is -2.88. The third kappa shape index (κ3) is 8.81. The number of rotatable bonds is 12. The van der Waals surface area contributed by atoms with E-state index in [1.165, 1.54) is 4.90 Å². The Labute approximate surface area is 244 Å². The average molecular weight is 635 g/mol. The van der Waals surface area contributed by atoms with Gasteiger partial charge >= 0.3 is 0 Å². The maximum absolute atomic E-state index is 14.1. The maximum atomic E-state index is 14.1. The monoisotopic (exact) mass is 633 g/mol. The Morgan fingerprint density at radius 3 is 2.18 bits per heavy atom. The molecule has 208 valence electrons. The second-order valence-electron chi connectivity index (χ2n) is 9.68. The van der Waals surface area contributed by atoms with Gasteiger partial charge in [0, 0.05) is 29.0 Å². The molecule has 0 spiro atoms. The minimum absolute atomic E-state index is 0.0265. The Morgan fingerprint density at radius 2 is 1.56 bits per heavy atom. The van der Waals surface area contributed by atoms with Crippen molar-refractivity contribution in [2.24, 2.45) is 5.92 Å². The number of carbonyl (C=O) groups is 2. The van der Waals surface area contributed by atoms with Gasteiger partial charge in [0.05, 0.1) is 11.9 Å². The molecule has 39 heavy (non-hydrogen) atoms. The lowest BCUT2D eigenvalue weighted by Gasteiger charge is -2.34. The molecule has 0 bridgehead atoms. The van der Waals surface area contributed by atoms with Crippen molar-refractivity contribution in [1.82, 2.24) is 10.2 Å². The van der Waals surface area contributed by atoms with Crippen LogP contribution in [-0.2, 0) is 32.6 Å². The van der Waals surface area contributed by atoms with E-state index in [4.69, 9.17) is 11.6 Å². The molecule has 3 aromatic rings. The lowest BCUT2D eigenvalue weighted by atomic mass is 10.0. The van der Waals surface area contributed by atoms with Gasteiger partial charge in [-0.1, -0.05) is 86.1 Å². The first-order chi connectivity index (χ1) is 18.5.